The number of ether oxygens (including phenoxy) is 2. The van der Waals surface area contributed by atoms with Gasteiger partial charge in [-0.2, -0.15) is 0 Å². The SMILES string of the molecule is CCCCc1ccc(-c2cc3c(cc2OC)C(NC(=O)O)C(C)(C)CO3)cc1. The monoisotopic (exact) mass is 383 g/mol. The summed E-state index contributed by atoms with van der Waals surface area (Å²) in [5.74, 6) is 1.41. The zero-order valence-electron chi connectivity index (χ0n) is 17.0. The second kappa shape index (κ2) is 8.13. The van der Waals surface area contributed by atoms with Crippen molar-refractivity contribution in [3.05, 3.63) is 47.5 Å². The fourth-order valence-corrected chi connectivity index (χ4v) is 3.72. The van der Waals surface area contributed by atoms with Crippen molar-refractivity contribution in [1.29, 1.82) is 0 Å². The topological polar surface area (TPSA) is 67.8 Å². The first-order valence-electron chi connectivity index (χ1n) is 9.79. The van der Waals surface area contributed by atoms with Gasteiger partial charge in [-0.3, -0.25) is 0 Å². The predicted molar refractivity (Wildman–Crippen MR) is 110 cm³/mol. The van der Waals surface area contributed by atoms with Gasteiger partial charge >= 0.3 is 6.09 Å². The van der Waals surface area contributed by atoms with E-state index in [-0.39, 0.29) is 11.5 Å². The molecule has 0 radical (unpaired) electrons. The third-order valence-electron chi connectivity index (χ3n) is 5.38. The highest BCUT2D eigenvalue weighted by Crippen LogP contribution is 2.47. The Bertz CT molecular complexity index is 842. The second-order valence-electron chi connectivity index (χ2n) is 8.05. The maximum absolute atomic E-state index is 11.3. The molecule has 1 atom stereocenters. The molecule has 1 heterocycles. The van der Waals surface area contributed by atoms with Crippen molar-refractivity contribution in [3.8, 4) is 22.6 Å². The summed E-state index contributed by atoms with van der Waals surface area (Å²) in [6.45, 7) is 6.62. The summed E-state index contributed by atoms with van der Waals surface area (Å²) in [5, 5.41) is 11.9. The second-order valence-corrected chi connectivity index (χ2v) is 8.05. The van der Waals surface area contributed by atoms with Gasteiger partial charge in [0, 0.05) is 16.5 Å². The molecule has 0 saturated heterocycles. The Morgan fingerprint density at radius 2 is 2.00 bits per heavy atom. The number of benzene rings is 2. The Hall–Kier alpha value is -2.69. The number of rotatable bonds is 6. The Morgan fingerprint density at radius 1 is 1.29 bits per heavy atom. The first-order chi connectivity index (χ1) is 13.4. The van der Waals surface area contributed by atoms with E-state index < -0.39 is 6.09 Å². The van der Waals surface area contributed by atoms with Gasteiger partial charge in [0.1, 0.15) is 11.5 Å². The largest absolute Gasteiger partial charge is 0.496 e. The maximum atomic E-state index is 11.3. The highest BCUT2D eigenvalue weighted by atomic mass is 16.5. The van der Waals surface area contributed by atoms with Gasteiger partial charge in [-0.05, 0) is 36.1 Å². The number of unbranched alkanes of at least 4 members (excludes halogenated alkanes) is 1. The van der Waals surface area contributed by atoms with Crippen LogP contribution in [0, 0.1) is 5.41 Å². The van der Waals surface area contributed by atoms with Crippen LogP contribution in [0.2, 0.25) is 0 Å². The smallest absolute Gasteiger partial charge is 0.405 e. The molecule has 0 fully saturated rings. The van der Waals surface area contributed by atoms with Crippen LogP contribution in [-0.4, -0.2) is 24.9 Å². The first kappa shape index (κ1) is 20.1. The van der Waals surface area contributed by atoms with Crippen LogP contribution in [0.15, 0.2) is 36.4 Å². The summed E-state index contributed by atoms with van der Waals surface area (Å²) in [7, 11) is 1.63. The highest BCUT2D eigenvalue weighted by molar-refractivity contribution is 5.74. The van der Waals surface area contributed by atoms with Crippen LogP contribution in [0.5, 0.6) is 11.5 Å². The van der Waals surface area contributed by atoms with Crippen LogP contribution in [0.25, 0.3) is 11.1 Å². The van der Waals surface area contributed by atoms with Crippen LogP contribution in [0.1, 0.15) is 50.8 Å². The molecule has 1 aliphatic heterocycles. The Balaban J connectivity index is 2.00. The van der Waals surface area contributed by atoms with Gasteiger partial charge in [0.15, 0.2) is 0 Å². The lowest BCUT2D eigenvalue weighted by Gasteiger charge is -2.39. The van der Waals surface area contributed by atoms with Crippen molar-refractivity contribution in [3.63, 3.8) is 0 Å². The van der Waals surface area contributed by atoms with Crippen molar-refractivity contribution in [1.82, 2.24) is 5.32 Å². The Kier molecular flexibility index (Phi) is 5.82. The number of carboxylic acid groups (broad SMARTS) is 1. The lowest BCUT2D eigenvalue weighted by molar-refractivity contribution is 0.0993. The highest BCUT2D eigenvalue weighted by Gasteiger charge is 2.39. The molecule has 0 bridgehead atoms. The lowest BCUT2D eigenvalue weighted by atomic mass is 9.78. The summed E-state index contributed by atoms with van der Waals surface area (Å²) < 4.78 is 11.7. The number of carbonyl (C=O) groups is 1. The maximum Gasteiger partial charge on any atom is 0.405 e. The number of methoxy groups -OCH3 is 1. The lowest BCUT2D eigenvalue weighted by Crippen LogP contribution is -2.43. The van der Waals surface area contributed by atoms with E-state index in [1.54, 1.807) is 7.11 Å². The van der Waals surface area contributed by atoms with Gasteiger partial charge in [-0.1, -0.05) is 51.5 Å². The average Bonchev–Trinajstić information content (AvgIpc) is 2.68. The zero-order chi connectivity index (χ0) is 20.3. The third-order valence-corrected chi connectivity index (χ3v) is 5.38. The van der Waals surface area contributed by atoms with Crippen LogP contribution in [-0.2, 0) is 6.42 Å². The van der Waals surface area contributed by atoms with Gasteiger partial charge < -0.3 is 19.9 Å². The van der Waals surface area contributed by atoms with E-state index >= 15 is 0 Å². The van der Waals surface area contributed by atoms with E-state index in [4.69, 9.17) is 9.47 Å². The first-order valence-corrected chi connectivity index (χ1v) is 9.79. The van der Waals surface area contributed by atoms with Crippen molar-refractivity contribution in [2.45, 2.75) is 46.1 Å². The normalized spacial score (nSPS) is 17.4. The van der Waals surface area contributed by atoms with Gasteiger partial charge in [0.05, 0.1) is 19.8 Å². The van der Waals surface area contributed by atoms with E-state index in [9.17, 15) is 9.90 Å². The van der Waals surface area contributed by atoms with Crippen molar-refractivity contribution in [2.24, 2.45) is 5.41 Å². The van der Waals surface area contributed by atoms with Crippen LogP contribution < -0.4 is 14.8 Å². The van der Waals surface area contributed by atoms with E-state index in [1.807, 2.05) is 26.0 Å². The average molecular weight is 383 g/mol. The summed E-state index contributed by atoms with van der Waals surface area (Å²) in [5.41, 5.74) is 3.76. The molecule has 5 heteroatoms. The van der Waals surface area contributed by atoms with Gasteiger partial charge in [-0.25, -0.2) is 4.79 Å². The summed E-state index contributed by atoms with van der Waals surface area (Å²) in [6.07, 6.45) is 2.40. The summed E-state index contributed by atoms with van der Waals surface area (Å²) in [6, 6.07) is 12.0. The minimum atomic E-state index is -1.04. The van der Waals surface area contributed by atoms with Gasteiger partial charge in [-0.15, -0.1) is 0 Å². The van der Waals surface area contributed by atoms with Crippen LogP contribution in [0.3, 0.4) is 0 Å². The number of aryl methyl sites for hydroxylation is 1. The molecule has 1 amide bonds. The number of nitrogens with one attached hydrogen (secondary N) is 1. The van der Waals surface area contributed by atoms with Crippen LogP contribution >= 0.6 is 0 Å². The fraction of sp³-hybridized carbons (Fsp3) is 0.435. The number of hydrogen-bond donors (Lipinski definition) is 2. The van der Waals surface area contributed by atoms with E-state index in [0.717, 1.165) is 23.1 Å². The van der Waals surface area contributed by atoms with E-state index in [2.05, 4.69) is 36.5 Å². The summed E-state index contributed by atoms with van der Waals surface area (Å²) >= 11 is 0. The number of amides is 1. The molecule has 0 aromatic heterocycles. The third kappa shape index (κ3) is 4.08. The fourth-order valence-electron chi connectivity index (χ4n) is 3.72. The zero-order valence-corrected chi connectivity index (χ0v) is 17.0. The van der Waals surface area contributed by atoms with Crippen molar-refractivity contribution < 1.29 is 19.4 Å². The molecule has 28 heavy (non-hydrogen) atoms. The molecular formula is C23H29NO4. The number of fused-ring (bicyclic) bond motifs is 1. The molecule has 0 aliphatic carbocycles. The Labute approximate surface area is 166 Å². The van der Waals surface area contributed by atoms with E-state index in [0.29, 0.717) is 18.1 Å². The van der Waals surface area contributed by atoms with Crippen molar-refractivity contribution in [2.75, 3.05) is 13.7 Å². The molecule has 1 aliphatic rings. The predicted octanol–water partition coefficient (Wildman–Crippen LogP) is 5.43. The molecule has 150 valence electrons. The molecular weight excluding hydrogens is 354 g/mol. The molecule has 0 spiro atoms. The molecule has 2 aromatic carbocycles. The molecule has 2 N–H and O–H groups in total. The standard InChI is InChI=1S/C23H29NO4/c1-5-6-7-15-8-10-16(11-9-15)17-12-20-18(13-19(17)27-4)21(24-22(25)26)23(2,3)14-28-20/h8-13,21,24H,5-7,14H2,1-4H3,(H,25,26). The minimum Gasteiger partial charge on any atom is -0.496 e. The Morgan fingerprint density at radius 3 is 2.61 bits per heavy atom. The van der Waals surface area contributed by atoms with Crippen molar-refractivity contribution >= 4 is 6.09 Å². The van der Waals surface area contributed by atoms with E-state index in [1.165, 1.54) is 18.4 Å². The molecule has 3 rings (SSSR count). The van der Waals surface area contributed by atoms with Gasteiger partial charge in [0.25, 0.3) is 0 Å². The minimum absolute atomic E-state index is 0.362. The molecule has 1 unspecified atom stereocenters. The van der Waals surface area contributed by atoms with Gasteiger partial charge in [0.2, 0.25) is 0 Å². The van der Waals surface area contributed by atoms with Crippen LogP contribution in [0.4, 0.5) is 4.79 Å². The number of hydrogen-bond acceptors (Lipinski definition) is 3. The molecule has 5 nitrogen and oxygen atoms in total. The summed E-state index contributed by atoms with van der Waals surface area (Å²) in [4.78, 5) is 11.3. The quantitative estimate of drug-likeness (QED) is 0.698. The molecule has 2 aromatic rings. The molecule has 0 saturated carbocycles.